The van der Waals surface area contributed by atoms with Crippen molar-refractivity contribution < 1.29 is 0 Å². The van der Waals surface area contributed by atoms with Gasteiger partial charge in [-0.25, -0.2) is 0 Å². The lowest BCUT2D eigenvalue weighted by Crippen LogP contribution is -2.18. The van der Waals surface area contributed by atoms with Crippen molar-refractivity contribution in [2.45, 2.75) is 26.3 Å². The molecule has 0 saturated heterocycles. The van der Waals surface area contributed by atoms with Crippen molar-refractivity contribution in [2.24, 2.45) is 0 Å². The molecule has 1 unspecified atom stereocenters. The second-order valence-corrected chi connectivity index (χ2v) is 7.60. The van der Waals surface area contributed by atoms with Gasteiger partial charge in [0.1, 0.15) is 0 Å². The topological polar surface area (TPSA) is 12.0 Å². The number of hydrogen-bond donors (Lipinski definition) is 1. The maximum atomic E-state index is 3.62. The average molecular weight is 462 g/mol. The number of anilines is 1. The van der Waals surface area contributed by atoms with Crippen LogP contribution in [0.3, 0.4) is 0 Å². The molecule has 0 fully saturated rings. The van der Waals surface area contributed by atoms with Crippen LogP contribution in [0.1, 0.15) is 18.1 Å². The first-order valence-corrected chi connectivity index (χ1v) is 8.80. The molecule has 0 spiro atoms. The predicted molar refractivity (Wildman–Crippen MR) is 97.5 cm³/mol. The van der Waals surface area contributed by atoms with E-state index in [0.717, 1.165) is 25.5 Å². The quantitative estimate of drug-likeness (QED) is 0.561. The highest BCUT2D eigenvalue weighted by atomic mass is 79.9. The highest BCUT2D eigenvalue weighted by molar-refractivity contribution is 9.11. The van der Waals surface area contributed by atoms with E-state index in [9.17, 15) is 0 Å². The second kappa shape index (κ2) is 7.10. The number of hydrogen-bond acceptors (Lipinski definition) is 1. The summed E-state index contributed by atoms with van der Waals surface area (Å²) in [4.78, 5) is 0. The highest BCUT2D eigenvalue weighted by Gasteiger charge is 2.10. The van der Waals surface area contributed by atoms with Gasteiger partial charge < -0.3 is 5.32 Å². The maximum Gasteiger partial charge on any atom is 0.0631 e. The molecule has 2 aromatic carbocycles. The standard InChI is InChI=1S/C16H16Br3N/c1-10-7-14(18)16(15(19)8-10)20-11(2)9-12-3-5-13(17)6-4-12/h3-8,11,20H,9H2,1-2H3. The van der Waals surface area contributed by atoms with E-state index in [0.29, 0.717) is 6.04 Å². The zero-order valence-electron chi connectivity index (χ0n) is 11.4. The SMILES string of the molecule is Cc1cc(Br)c(NC(C)Cc2ccc(Br)cc2)c(Br)c1. The third-order valence-electron chi connectivity index (χ3n) is 3.03. The van der Waals surface area contributed by atoms with Gasteiger partial charge >= 0.3 is 0 Å². The predicted octanol–water partition coefficient (Wildman–Crippen LogP) is 6.33. The summed E-state index contributed by atoms with van der Waals surface area (Å²) in [6, 6.07) is 13.1. The Morgan fingerprint density at radius 1 is 1.00 bits per heavy atom. The lowest BCUT2D eigenvalue weighted by molar-refractivity contribution is 0.788. The Hall–Kier alpha value is -0.320. The van der Waals surface area contributed by atoms with E-state index in [1.807, 2.05) is 0 Å². The molecule has 20 heavy (non-hydrogen) atoms. The molecule has 0 aliphatic rings. The largest absolute Gasteiger partial charge is 0.380 e. The van der Waals surface area contributed by atoms with Crippen LogP contribution in [0.25, 0.3) is 0 Å². The summed E-state index contributed by atoms with van der Waals surface area (Å²) in [7, 11) is 0. The normalized spacial score (nSPS) is 12.2. The Morgan fingerprint density at radius 3 is 2.10 bits per heavy atom. The molecule has 106 valence electrons. The minimum atomic E-state index is 0.353. The van der Waals surface area contributed by atoms with Crippen LogP contribution in [0.2, 0.25) is 0 Å². The first-order valence-electron chi connectivity index (χ1n) is 6.42. The van der Waals surface area contributed by atoms with Crippen LogP contribution in [0.15, 0.2) is 49.8 Å². The van der Waals surface area contributed by atoms with Crippen LogP contribution in [0.4, 0.5) is 5.69 Å². The first kappa shape index (κ1) is 16.1. The molecule has 1 atom stereocenters. The summed E-state index contributed by atoms with van der Waals surface area (Å²) < 4.78 is 3.30. The van der Waals surface area contributed by atoms with E-state index in [1.54, 1.807) is 0 Å². The van der Waals surface area contributed by atoms with E-state index in [-0.39, 0.29) is 0 Å². The molecule has 4 heteroatoms. The van der Waals surface area contributed by atoms with E-state index < -0.39 is 0 Å². The van der Waals surface area contributed by atoms with Gasteiger partial charge in [0.2, 0.25) is 0 Å². The van der Waals surface area contributed by atoms with Gasteiger partial charge in [0.25, 0.3) is 0 Å². The molecule has 1 nitrogen and oxygen atoms in total. The summed E-state index contributed by atoms with van der Waals surface area (Å²) in [5.74, 6) is 0. The van der Waals surface area contributed by atoms with Gasteiger partial charge in [-0.05, 0) is 87.5 Å². The van der Waals surface area contributed by atoms with Gasteiger partial charge in [-0.1, -0.05) is 28.1 Å². The van der Waals surface area contributed by atoms with Crippen molar-refractivity contribution in [1.29, 1.82) is 0 Å². The number of nitrogens with one attached hydrogen (secondary N) is 1. The molecule has 1 N–H and O–H groups in total. The third-order valence-corrected chi connectivity index (χ3v) is 4.81. The van der Waals surface area contributed by atoms with Crippen molar-refractivity contribution in [1.82, 2.24) is 0 Å². The third kappa shape index (κ3) is 4.34. The molecular formula is C16H16Br3N. The van der Waals surface area contributed by atoms with Crippen LogP contribution in [-0.4, -0.2) is 6.04 Å². The molecule has 0 saturated carbocycles. The smallest absolute Gasteiger partial charge is 0.0631 e. The fourth-order valence-electron chi connectivity index (χ4n) is 2.11. The minimum absolute atomic E-state index is 0.353. The summed E-state index contributed by atoms with van der Waals surface area (Å²) in [6.07, 6.45) is 0.986. The van der Waals surface area contributed by atoms with Crippen molar-refractivity contribution in [3.05, 3.63) is 60.9 Å². The van der Waals surface area contributed by atoms with Crippen LogP contribution < -0.4 is 5.32 Å². The van der Waals surface area contributed by atoms with Crippen molar-refractivity contribution in [2.75, 3.05) is 5.32 Å². The van der Waals surface area contributed by atoms with Crippen molar-refractivity contribution in [3.63, 3.8) is 0 Å². The van der Waals surface area contributed by atoms with Gasteiger partial charge in [0.15, 0.2) is 0 Å². The molecule has 2 aromatic rings. The van der Waals surface area contributed by atoms with Crippen LogP contribution in [-0.2, 0) is 6.42 Å². The molecule has 0 aliphatic heterocycles. The second-order valence-electron chi connectivity index (χ2n) is 4.98. The molecule has 0 aliphatic carbocycles. The number of aryl methyl sites for hydroxylation is 1. The first-order chi connectivity index (χ1) is 9.45. The van der Waals surface area contributed by atoms with E-state index >= 15 is 0 Å². The average Bonchev–Trinajstić information content (AvgIpc) is 2.36. The Morgan fingerprint density at radius 2 is 1.55 bits per heavy atom. The zero-order valence-corrected chi connectivity index (χ0v) is 16.1. The number of rotatable bonds is 4. The molecule has 0 bridgehead atoms. The molecular weight excluding hydrogens is 446 g/mol. The minimum Gasteiger partial charge on any atom is -0.380 e. The molecule has 0 amide bonds. The van der Waals surface area contributed by atoms with E-state index in [2.05, 4.69) is 103 Å². The fraction of sp³-hybridized carbons (Fsp3) is 0.250. The summed E-state index contributed by atoms with van der Waals surface area (Å²) in [5, 5.41) is 3.56. The molecule has 0 aromatic heterocycles. The number of halogens is 3. The Balaban J connectivity index is 2.08. The van der Waals surface area contributed by atoms with Crippen molar-refractivity contribution >= 4 is 53.5 Å². The van der Waals surface area contributed by atoms with Gasteiger partial charge in [-0.2, -0.15) is 0 Å². The van der Waals surface area contributed by atoms with E-state index in [4.69, 9.17) is 0 Å². The fourth-order valence-corrected chi connectivity index (χ4v) is 4.02. The summed E-state index contributed by atoms with van der Waals surface area (Å²) in [5.41, 5.74) is 3.67. The Kier molecular flexibility index (Phi) is 5.70. The Labute approximate surface area is 145 Å². The zero-order chi connectivity index (χ0) is 14.7. The monoisotopic (exact) mass is 459 g/mol. The van der Waals surface area contributed by atoms with E-state index in [1.165, 1.54) is 11.1 Å². The van der Waals surface area contributed by atoms with Crippen LogP contribution in [0.5, 0.6) is 0 Å². The van der Waals surface area contributed by atoms with Gasteiger partial charge in [0, 0.05) is 19.5 Å². The lowest BCUT2D eigenvalue weighted by atomic mass is 10.1. The van der Waals surface area contributed by atoms with Crippen LogP contribution in [0, 0.1) is 6.92 Å². The molecule has 0 radical (unpaired) electrons. The van der Waals surface area contributed by atoms with Gasteiger partial charge in [-0.15, -0.1) is 0 Å². The number of benzene rings is 2. The molecule has 2 rings (SSSR count). The maximum absolute atomic E-state index is 3.62. The Bertz CT molecular complexity index is 570. The highest BCUT2D eigenvalue weighted by Crippen LogP contribution is 2.33. The summed E-state index contributed by atoms with van der Waals surface area (Å²) in [6.45, 7) is 4.28. The molecule has 0 heterocycles. The van der Waals surface area contributed by atoms with Gasteiger partial charge in [0.05, 0.1) is 5.69 Å². The van der Waals surface area contributed by atoms with Gasteiger partial charge in [-0.3, -0.25) is 0 Å². The summed E-state index contributed by atoms with van der Waals surface area (Å²) >= 11 is 10.7. The van der Waals surface area contributed by atoms with Crippen LogP contribution >= 0.6 is 47.8 Å². The lowest BCUT2D eigenvalue weighted by Gasteiger charge is -2.18. The van der Waals surface area contributed by atoms with Crippen molar-refractivity contribution in [3.8, 4) is 0 Å².